The van der Waals surface area contributed by atoms with E-state index in [9.17, 15) is 0 Å². The summed E-state index contributed by atoms with van der Waals surface area (Å²) in [6.07, 6.45) is 2.77. The van der Waals surface area contributed by atoms with E-state index in [1.54, 1.807) is 0 Å². The van der Waals surface area contributed by atoms with Gasteiger partial charge in [-0.15, -0.1) is 0 Å². The molecule has 0 amide bonds. The number of hydrogen-bond donors (Lipinski definition) is 0. The van der Waals surface area contributed by atoms with E-state index >= 15 is 0 Å². The number of rotatable bonds is 1. The molecule has 2 aromatic rings. The number of fused-ring (bicyclic) bond motifs is 2. The fourth-order valence-electron chi connectivity index (χ4n) is 2.24. The first-order chi connectivity index (χ1) is 8.38. The monoisotopic (exact) mass is 219 g/mol. The maximum absolute atomic E-state index is 4.70. The van der Waals surface area contributed by atoms with E-state index in [1.807, 2.05) is 18.2 Å². The highest BCUT2D eigenvalue weighted by Gasteiger charge is 2.13. The second-order valence-corrected chi connectivity index (χ2v) is 4.16. The van der Waals surface area contributed by atoms with Crippen LogP contribution in [0.4, 0.5) is 5.69 Å². The second kappa shape index (κ2) is 4.02. The Morgan fingerprint density at radius 2 is 1.65 bits per heavy atom. The molecule has 0 aromatic heterocycles. The molecule has 0 unspecified atom stereocenters. The smallest absolute Gasteiger partial charge is 0.0706 e. The lowest BCUT2D eigenvalue weighted by atomic mass is 9.98. The van der Waals surface area contributed by atoms with Gasteiger partial charge in [-0.25, -0.2) is 4.99 Å². The number of benzene rings is 2. The molecule has 0 fully saturated rings. The number of aliphatic imine (C=N–C) groups is 1. The molecule has 0 saturated carbocycles. The summed E-state index contributed by atoms with van der Waals surface area (Å²) < 4.78 is 0. The SMILES string of the molecule is C=CC1=Nc2ccccc2Cc2ccccc21. The molecule has 17 heavy (non-hydrogen) atoms. The lowest BCUT2D eigenvalue weighted by Crippen LogP contribution is -1.99. The van der Waals surface area contributed by atoms with Crippen LogP contribution >= 0.6 is 0 Å². The van der Waals surface area contributed by atoms with Crippen molar-refractivity contribution in [3.05, 3.63) is 77.9 Å². The zero-order valence-electron chi connectivity index (χ0n) is 9.56. The minimum Gasteiger partial charge on any atom is -0.248 e. The molecule has 0 atom stereocenters. The minimum absolute atomic E-state index is 0.938. The van der Waals surface area contributed by atoms with Gasteiger partial charge in [0, 0.05) is 12.0 Å². The van der Waals surface area contributed by atoms with E-state index in [0.29, 0.717) is 0 Å². The molecule has 0 aliphatic carbocycles. The molecular weight excluding hydrogens is 206 g/mol. The predicted octanol–water partition coefficient (Wildman–Crippen LogP) is 3.90. The average Bonchev–Trinajstić information content (AvgIpc) is 2.54. The number of para-hydroxylation sites is 1. The van der Waals surface area contributed by atoms with E-state index in [1.165, 1.54) is 16.7 Å². The third-order valence-corrected chi connectivity index (χ3v) is 3.10. The first-order valence-corrected chi connectivity index (χ1v) is 5.76. The van der Waals surface area contributed by atoms with Gasteiger partial charge in [0.15, 0.2) is 0 Å². The molecule has 1 nitrogen and oxygen atoms in total. The maximum atomic E-state index is 4.70. The Labute approximate surface area is 101 Å². The molecule has 3 rings (SSSR count). The summed E-state index contributed by atoms with van der Waals surface area (Å²) in [5.74, 6) is 0. The van der Waals surface area contributed by atoms with E-state index in [0.717, 1.165) is 17.8 Å². The van der Waals surface area contributed by atoms with E-state index in [2.05, 4.69) is 43.0 Å². The largest absolute Gasteiger partial charge is 0.248 e. The van der Waals surface area contributed by atoms with Crippen LogP contribution in [0, 0.1) is 0 Å². The summed E-state index contributed by atoms with van der Waals surface area (Å²) in [6, 6.07) is 16.7. The first kappa shape index (κ1) is 10.0. The Bertz CT molecular complexity index is 608. The summed E-state index contributed by atoms with van der Waals surface area (Å²) in [4.78, 5) is 4.70. The molecule has 0 spiro atoms. The van der Waals surface area contributed by atoms with Gasteiger partial charge >= 0.3 is 0 Å². The van der Waals surface area contributed by atoms with Crippen molar-refractivity contribution in [2.24, 2.45) is 4.99 Å². The van der Waals surface area contributed by atoms with Gasteiger partial charge in [-0.05, 0) is 23.3 Å². The Hall–Kier alpha value is -2.15. The second-order valence-electron chi connectivity index (χ2n) is 4.16. The van der Waals surface area contributed by atoms with Gasteiger partial charge in [0.1, 0.15) is 0 Å². The third kappa shape index (κ3) is 1.70. The van der Waals surface area contributed by atoms with Crippen LogP contribution < -0.4 is 0 Å². The Balaban J connectivity index is 2.28. The molecule has 0 saturated heterocycles. The highest BCUT2D eigenvalue weighted by atomic mass is 14.8. The van der Waals surface area contributed by atoms with Crippen molar-refractivity contribution in [2.45, 2.75) is 6.42 Å². The van der Waals surface area contributed by atoms with Crippen molar-refractivity contribution >= 4 is 11.4 Å². The Morgan fingerprint density at radius 1 is 0.941 bits per heavy atom. The molecule has 0 bridgehead atoms. The Morgan fingerprint density at radius 3 is 2.47 bits per heavy atom. The van der Waals surface area contributed by atoms with Crippen molar-refractivity contribution in [1.82, 2.24) is 0 Å². The minimum atomic E-state index is 0.938. The topological polar surface area (TPSA) is 12.4 Å². The molecule has 0 N–H and O–H groups in total. The van der Waals surface area contributed by atoms with Gasteiger partial charge in [-0.1, -0.05) is 49.0 Å². The summed E-state index contributed by atoms with van der Waals surface area (Å²) in [6.45, 7) is 3.87. The normalized spacial score (nSPS) is 13.1. The quantitative estimate of drug-likeness (QED) is 0.689. The van der Waals surface area contributed by atoms with Crippen LogP contribution in [0.3, 0.4) is 0 Å². The highest BCUT2D eigenvalue weighted by Crippen LogP contribution is 2.28. The molecule has 82 valence electrons. The van der Waals surface area contributed by atoms with Crippen molar-refractivity contribution < 1.29 is 0 Å². The lowest BCUT2D eigenvalue weighted by molar-refractivity contribution is 1.19. The van der Waals surface area contributed by atoms with E-state index in [4.69, 9.17) is 4.99 Å². The van der Waals surface area contributed by atoms with E-state index < -0.39 is 0 Å². The van der Waals surface area contributed by atoms with Crippen LogP contribution in [0.1, 0.15) is 16.7 Å². The Kier molecular flexibility index (Phi) is 2.37. The van der Waals surface area contributed by atoms with Crippen LogP contribution in [-0.4, -0.2) is 5.71 Å². The molecular formula is C16H13N. The van der Waals surface area contributed by atoms with Crippen LogP contribution in [0.5, 0.6) is 0 Å². The van der Waals surface area contributed by atoms with Gasteiger partial charge < -0.3 is 0 Å². The van der Waals surface area contributed by atoms with Crippen LogP contribution in [0.25, 0.3) is 0 Å². The highest BCUT2D eigenvalue weighted by molar-refractivity contribution is 6.11. The maximum Gasteiger partial charge on any atom is 0.0706 e. The number of nitrogens with zero attached hydrogens (tertiary/aromatic N) is 1. The first-order valence-electron chi connectivity index (χ1n) is 5.76. The molecule has 0 radical (unpaired) electrons. The number of hydrogen-bond acceptors (Lipinski definition) is 1. The van der Waals surface area contributed by atoms with Crippen molar-refractivity contribution in [3.8, 4) is 0 Å². The van der Waals surface area contributed by atoms with Gasteiger partial charge in [-0.2, -0.15) is 0 Å². The van der Waals surface area contributed by atoms with Crippen molar-refractivity contribution in [3.63, 3.8) is 0 Å². The standard InChI is InChI=1S/C16H13N/c1-2-15-14-9-5-3-7-12(14)11-13-8-4-6-10-16(13)17-15/h2-10H,1,11H2. The summed E-state index contributed by atoms with van der Waals surface area (Å²) in [7, 11) is 0. The van der Waals surface area contributed by atoms with Crippen molar-refractivity contribution in [2.75, 3.05) is 0 Å². The summed E-state index contributed by atoms with van der Waals surface area (Å²) >= 11 is 0. The van der Waals surface area contributed by atoms with Crippen LogP contribution in [0.15, 0.2) is 66.2 Å². The average molecular weight is 219 g/mol. The third-order valence-electron chi connectivity index (χ3n) is 3.10. The molecule has 1 aliphatic rings. The molecule has 1 heterocycles. The number of allylic oxidation sites excluding steroid dienone is 1. The van der Waals surface area contributed by atoms with Gasteiger partial charge in [0.05, 0.1) is 11.4 Å². The fourth-order valence-corrected chi connectivity index (χ4v) is 2.24. The molecule has 1 heteroatoms. The van der Waals surface area contributed by atoms with Gasteiger partial charge in [0.2, 0.25) is 0 Å². The predicted molar refractivity (Wildman–Crippen MR) is 72.1 cm³/mol. The van der Waals surface area contributed by atoms with Crippen molar-refractivity contribution in [1.29, 1.82) is 0 Å². The van der Waals surface area contributed by atoms with E-state index in [-0.39, 0.29) is 0 Å². The summed E-state index contributed by atoms with van der Waals surface area (Å²) in [5.41, 5.74) is 5.80. The van der Waals surface area contributed by atoms with Crippen LogP contribution in [-0.2, 0) is 6.42 Å². The molecule has 2 aromatic carbocycles. The fraction of sp³-hybridized carbons (Fsp3) is 0.0625. The molecule has 1 aliphatic heterocycles. The summed E-state index contributed by atoms with van der Waals surface area (Å²) in [5, 5.41) is 0. The zero-order chi connectivity index (χ0) is 11.7. The van der Waals surface area contributed by atoms with Gasteiger partial charge in [0.25, 0.3) is 0 Å². The zero-order valence-corrected chi connectivity index (χ0v) is 9.56. The van der Waals surface area contributed by atoms with Gasteiger partial charge in [-0.3, -0.25) is 0 Å². The van der Waals surface area contributed by atoms with Crippen LogP contribution in [0.2, 0.25) is 0 Å². The lowest BCUT2D eigenvalue weighted by Gasteiger charge is -2.05.